The molecule has 0 spiro atoms. The molecular formula is C14H15N3O4S. The molecule has 2 aromatic rings. The van der Waals surface area contributed by atoms with Crippen molar-refractivity contribution in [2.45, 2.75) is 12.5 Å². The Hall–Kier alpha value is -2.22. The number of rotatable bonds is 2. The first-order valence-electron chi connectivity index (χ1n) is 6.85. The van der Waals surface area contributed by atoms with Gasteiger partial charge in [0, 0.05) is 18.5 Å². The fraction of sp³-hybridized carbons (Fsp3) is 0.357. The molecule has 1 atom stereocenters. The second kappa shape index (κ2) is 5.20. The van der Waals surface area contributed by atoms with Crippen LogP contribution in [0.3, 0.4) is 0 Å². The molecule has 1 aromatic carbocycles. The quantitative estimate of drug-likeness (QED) is 0.829. The van der Waals surface area contributed by atoms with Crippen LogP contribution in [0.4, 0.5) is 0 Å². The first kappa shape index (κ1) is 14.7. The second-order valence-electron chi connectivity index (χ2n) is 5.40. The van der Waals surface area contributed by atoms with Crippen molar-refractivity contribution in [2.75, 3.05) is 11.5 Å². The van der Waals surface area contributed by atoms with Gasteiger partial charge in [-0.15, -0.1) is 0 Å². The molecule has 1 amide bonds. The second-order valence-corrected chi connectivity index (χ2v) is 7.63. The molecule has 8 heteroatoms. The van der Waals surface area contributed by atoms with E-state index in [4.69, 9.17) is 0 Å². The molecule has 1 aliphatic heterocycles. The van der Waals surface area contributed by atoms with Gasteiger partial charge < -0.3 is 5.32 Å². The average Bonchev–Trinajstić information content (AvgIpc) is 2.81. The number of sulfone groups is 1. The fourth-order valence-corrected chi connectivity index (χ4v) is 4.30. The summed E-state index contributed by atoms with van der Waals surface area (Å²) in [6.07, 6.45) is 0.401. The van der Waals surface area contributed by atoms with Gasteiger partial charge in [-0.2, -0.15) is 5.10 Å². The van der Waals surface area contributed by atoms with Crippen molar-refractivity contribution in [1.29, 1.82) is 0 Å². The van der Waals surface area contributed by atoms with Crippen LogP contribution in [0.1, 0.15) is 16.9 Å². The van der Waals surface area contributed by atoms with Gasteiger partial charge in [-0.1, -0.05) is 18.2 Å². The van der Waals surface area contributed by atoms with Gasteiger partial charge in [-0.3, -0.25) is 9.59 Å². The summed E-state index contributed by atoms with van der Waals surface area (Å²) in [6, 6.07) is 6.32. The van der Waals surface area contributed by atoms with Crippen LogP contribution in [0.15, 0.2) is 29.1 Å². The molecular weight excluding hydrogens is 306 g/mol. The number of benzene rings is 1. The van der Waals surface area contributed by atoms with Gasteiger partial charge in [0.1, 0.15) is 0 Å². The highest BCUT2D eigenvalue weighted by atomic mass is 32.2. The Balaban J connectivity index is 1.98. The third-order valence-corrected chi connectivity index (χ3v) is 5.51. The summed E-state index contributed by atoms with van der Waals surface area (Å²) in [5, 5.41) is 7.58. The van der Waals surface area contributed by atoms with E-state index in [0.29, 0.717) is 17.2 Å². The van der Waals surface area contributed by atoms with Gasteiger partial charge in [-0.05, 0) is 12.5 Å². The molecule has 1 aromatic heterocycles. The predicted molar refractivity (Wildman–Crippen MR) is 81.5 cm³/mol. The first-order chi connectivity index (χ1) is 10.4. The maximum atomic E-state index is 12.4. The van der Waals surface area contributed by atoms with Gasteiger partial charge in [0.25, 0.3) is 11.5 Å². The van der Waals surface area contributed by atoms with E-state index in [1.807, 2.05) is 0 Å². The van der Waals surface area contributed by atoms with Crippen molar-refractivity contribution >= 4 is 26.5 Å². The number of fused-ring (bicyclic) bond motifs is 1. The summed E-state index contributed by atoms with van der Waals surface area (Å²) in [5.41, 5.74) is -0.155. The van der Waals surface area contributed by atoms with Gasteiger partial charge >= 0.3 is 0 Å². The lowest BCUT2D eigenvalue weighted by atomic mass is 10.1. The number of aromatic nitrogens is 2. The molecule has 1 saturated heterocycles. The minimum Gasteiger partial charge on any atom is -0.347 e. The van der Waals surface area contributed by atoms with Gasteiger partial charge in [0.15, 0.2) is 15.5 Å². The van der Waals surface area contributed by atoms with Crippen LogP contribution in [0.2, 0.25) is 0 Å². The summed E-state index contributed by atoms with van der Waals surface area (Å²) in [4.78, 5) is 24.4. The van der Waals surface area contributed by atoms with E-state index >= 15 is 0 Å². The Morgan fingerprint density at radius 1 is 1.32 bits per heavy atom. The van der Waals surface area contributed by atoms with Crippen LogP contribution in [0, 0.1) is 0 Å². The maximum absolute atomic E-state index is 12.4. The standard InChI is InChI=1S/C14H15N3O4S/c1-17-14(19)11-5-3-2-4-10(11)12(16-17)13(18)15-9-6-7-22(20,21)8-9/h2-5,9H,6-8H2,1H3,(H,15,18)/t9-/m1/s1. The van der Waals surface area contributed by atoms with Gasteiger partial charge in [-0.25, -0.2) is 13.1 Å². The van der Waals surface area contributed by atoms with E-state index in [1.54, 1.807) is 24.3 Å². The molecule has 0 bridgehead atoms. The van der Waals surface area contributed by atoms with Gasteiger partial charge in [0.05, 0.1) is 16.9 Å². The minimum atomic E-state index is -3.07. The predicted octanol–water partition coefficient (Wildman–Crippen LogP) is -0.150. The van der Waals surface area contributed by atoms with Crippen molar-refractivity contribution < 1.29 is 13.2 Å². The van der Waals surface area contributed by atoms with Gasteiger partial charge in [0.2, 0.25) is 0 Å². The van der Waals surface area contributed by atoms with E-state index in [0.717, 1.165) is 4.68 Å². The molecule has 7 nitrogen and oxygen atoms in total. The number of amides is 1. The number of hydrogen-bond acceptors (Lipinski definition) is 5. The first-order valence-corrected chi connectivity index (χ1v) is 8.67. The highest BCUT2D eigenvalue weighted by Crippen LogP contribution is 2.15. The molecule has 0 saturated carbocycles. The molecule has 0 unspecified atom stereocenters. The maximum Gasteiger partial charge on any atom is 0.274 e. The number of aryl methyl sites for hydroxylation is 1. The molecule has 0 radical (unpaired) electrons. The van der Waals surface area contributed by atoms with Crippen molar-refractivity contribution in [3.8, 4) is 0 Å². The Kier molecular flexibility index (Phi) is 3.48. The zero-order chi connectivity index (χ0) is 15.9. The Bertz CT molecular complexity index is 917. The molecule has 1 N–H and O–H groups in total. The van der Waals surface area contributed by atoms with Crippen LogP contribution in [0.25, 0.3) is 10.8 Å². The smallest absolute Gasteiger partial charge is 0.274 e. The zero-order valence-electron chi connectivity index (χ0n) is 11.9. The molecule has 116 valence electrons. The lowest BCUT2D eigenvalue weighted by Crippen LogP contribution is -2.37. The van der Waals surface area contributed by atoms with Crippen molar-refractivity contribution in [3.05, 3.63) is 40.3 Å². The van der Waals surface area contributed by atoms with Crippen LogP contribution >= 0.6 is 0 Å². The Morgan fingerprint density at radius 2 is 2.00 bits per heavy atom. The van der Waals surface area contributed by atoms with E-state index in [1.165, 1.54) is 7.05 Å². The number of carbonyl (C=O) groups excluding carboxylic acids is 1. The average molecular weight is 321 g/mol. The van der Waals surface area contributed by atoms with E-state index in [9.17, 15) is 18.0 Å². The van der Waals surface area contributed by atoms with Crippen molar-refractivity contribution in [3.63, 3.8) is 0 Å². The van der Waals surface area contributed by atoms with Crippen LogP contribution in [-0.4, -0.2) is 41.7 Å². The van der Waals surface area contributed by atoms with Crippen molar-refractivity contribution in [1.82, 2.24) is 15.1 Å². The Labute approximate surface area is 126 Å². The largest absolute Gasteiger partial charge is 0.347 e. The Morgan fingerprint density at radius 3 is 2.64 bits per heavy atom. The fourth-order valence-electron chi connectivity index (χ4n) is 2.63. The number of nitrogens with zero attached hydrogens (tertiary/aromatic N) is 2. The van der Waals surface area contributed by atoms with Crippen LogP contribution in [-0.2, 0) is 16.9 Å². The van der Waals surface area contributed by atoms with Crippen molar-refractivity contribution in [2.24, 2.45) is 7.05 Å². The van der Waals surface area contributed by atoms with E-state index in [-0.39, 0.29) is 22.8 Å². The minimum absolute atomic E-state index is 0.0531. The number of carbonyl (C=O) groups is 1. The summed E-state index contributed by atoms with van der Waals surface area (Å²) < 4.78 is 24.0. The molecule has 3 rings (SSSR count). The van der Waals surface area contributed by atoms with Crippen LogP contribution in [0.5, 0.6) is 0 Å². The van der Waals surface area contributed by atoms with E-state index in [2.05, 4.69) is 10.4 Å². The lowest BCUT2D eigenvalue weighted by Gasteiger charge is -2.12. The summed E-state index contributed by atoms with van der Waals surface area (Å²) in [6.45, 7) is 0. The SMILES string of the molecule is Cn1nc(C(=O)N[C@@H]2CCS(=O)(=O)C2)c2ccccc2c1=O. The molecule has 1 fully saturated rings. The van der Waals surface area contributed by atoms with Crippen LogP contribution < -0.4 is 10.9 Å². The lowest BCUT2D eigenvalue weighted by molar-refractivity contribution is 0.0936. The zero-order valence-corrected chi connectivity index (χ0v) is 12.8. The summed E-state index contributed by atoms with van der Waals surface area (Å²) in [5.74, 6) is -0.434. The number of hydrogen-bond donors (Lipinski definition) is 1. The summed E-state index contributed by atoms with van der Waals surface area (Å²) in [7, 11) is -1.59. The third kappa shape index (κ3) is 2.61. The molecule has 22 heavy (non-hydrogen) atoms. The highest BCUT2D eigenvalue weighted by molar-refractivity contribution is 7.91. The topological polar surface area (TPSA) is 98.1 Å². The molecule has 2 heterocycles. The number of nitrogens with one attached hydrogen (secondary N) is 1. The third-order valence-electron chi connectivity index (χ3n) is 3.74. The normalized spacial score (nSPS) is 20.1. The summed E-state index contributed by atoms with van der Waals surface area (Å²) >= 11 is 0. The molecule has 0 aliphatic carbocycles. The van der Waals surface area contributed by atoms with E-state index < -0.39 is 21.8 Å². The molecule has 1 aliphatic rings. The monoisotopic (exact) mass is 321 g/mol. The highest BCUT2D eigenvalue weighted by Gasteiger charge is 2.30.